The molecule has 5 nitrogen and oxygen atoms in total. The molecule has 1 saturated heterocycles. The molecule has 0 radical (unpaired) electrons. The highest BCUT2D eigenvalue weighted by Crippen LogP contribution is 2.16. The number of hydrogen-bond donors (Lipinski definition) is 2. The Bertz CT molecular complexity index is 816. The zero-order chi connectivity index (χ0) is 19.8. The second-order valence-electron chi connectivity index (χ2n) is 7.06. The highest BCUT2D eigenvalue weighted by Gasteiger charge is 2.20. The molecule has 0 spiro atoms. The van der Waals surface area contributed by atoms with Gasteiger partial charge in [0, 0.05) is 44.3 Å². The standard InChI is InChI=1S/C22H26ClN5/c1-25-22(26-15-18-4-2-17(14-24)3-5-18)27-21-10-12-28(13-11-21)16-19-6-8-20(23)9-7-19/h2-9,21H,10-13,15-16H2,1H3,(H2,25,26,27). The lowest BCUT2D eigenvalue weighted by Crippen LogP contribution is -2.48. The van der Waals surface area contributed by atoms with Crippen molar-refractivity contribution in [2.24, 2.45) is 4.99 Å². The molecule has 6 heteroatoms. The minimum absolute atomic E-state index is 0.425. The summed E-state index contributed by atoms with van der Waals surface area (Å²) in [7, 11) is 1.80. The summed E-state index contributed by atoms with van der Waals surface area (Å²) in [5.74, 6) is 0.820. The third kappa shape index (κ3) is 5.98. The number of rotatable bonds is 5. The monoisotopic (exact) mass is 395 g/mol. The molecular formula is C22H26ClN5. The summed E-state index contributed by atoms with van der Waals surface area (Å²) < 4.78 is 0. The molecule has 28 heavy (non-hydrogen) atoms. The van der Waals surface area contributed by atoms with Gasteiger partial charge in [-0.2, -0.15) is 5.26 Å². The largest absolute Gasteiger partial charge is 0.354 e. The number of benzene rings is 2. The van der Waals surface area contributed by atoms with Gasteiger partial charge in [0.1, 0.15) is 0 Å². The maximum absolute atomic E-state index is 8.88. The van der Waals surface area contributed by atoms with Crippen molar-refractivity contribution in [1.82, 2.24) is 15.5 Å². The average Bonchev–Trinajstić information content (AvgIpc) is 2.74. The van der Waals surface area contributed by atoms with Gasteiger partial charge in [-0.3, -0.25) is 9.89 Å². The molecule has 1 aliphatic heterocycles. The zero-order valence-corrected chi connectivity index (χ0v) is 16.9. The second-order valence-corrected chi connectivity index (χ2v) is 7.49. The Hall–Kier alpha value is -2.55. The van der Waals surface area contributed by atoms with Crippen LogP contribution in [0.4, 0.5) is 0 Å². The number of guanidine groups is 1. The van der Waals surface area contributed by atoms with Crippen molar-refractivity contribution in [3.63, 3.8) is 0 Å². The van der Waals surface area contributed by atoms with Crippen molar-refractivity contribution in [2.75, 3.05) is 20.1 Å². The minimum Gasteiger partial charge on any atom is -0.354 e. The van der Waals surface area contributed by atoms with Gasteiger partial charge in [-0.15, -0.1) is 0 Å². The van der Waals surface area contributed by atoms with Gasteiger partial charge < -0.3 is 10.6 Å². The molecule has 0 aliphatic carbocycles. The Labute approximate surface area is 172 Å². The molecule has 0 aromatic heterocycles. The minimum atomic E-state index is 0.425. The molecule has 146 valence electrons. The molecule has 0 saturated carbocycles. The number of aliphatic imine (C=N–C) groups is 1. The summed E-state index contributed by atoms with van der Waals surface area (Å²) in [5.41, 5.74) is 3.10. The van der Waals surface area contributed by atoms with E-state index in [2.05, 4.69) is 38.7 Å². The Morgan fingerprint density at radius 3 is 2.36 bits per heavy atom. The summed E-state index contributed by atoms with van der Waals surface area (Å²) >= 11 is 5.96. The first-order chi connectivity index (χ1) is 13.7. The fourth-order valence-electron chi connectivity index (χ4n) is 3.35. The summed E-state index contributed by atoms with van der Waals surface area (Å²) in [4.78, 5) is 6.82. The van der Waals surface area contributed by atoms with Gasteiger partial charge in [0.25, 0.3) is 0 Å². The zero-order valence-electron chi connectivity index (χ0n) is 16.2. The molecular weight excluding hydrogens is 370 g/mol. The van der Waals surface area contributed by atoms with Gasteiger partial charge in [0.2, 0.25) is 0 Å². The highest BCUT2D eigenvalue weighted by atomic mass is 35.5. The number of hydrogen-bond acceptors (Lipinski definition) is 3. The number of piperidine rings is 1. The normalized spacial score (nSPS) is 15.8. The molecule has 2 N–H and O–H groups in total. The van der Waals surface area contributed by atoms with Gasteiger partial charge in [0.15, 0.2) is 5.96 Å². The van der Waals surface area contributed by atoms with E-state index in [-0.39, 0.29) is 0 Å². The Morgan fingerprint density at radius 1 is 1.11 bits per heavy atom. The number of halogens is 1. The first-order valence-corrected chi connectivity index (χ1v) is 9.97. The molecule has 0 amide bonds. The van der Waals surface area contributed by atoms with E-state index in [9.17, 15) is 0 Å². The first kappa shape index (κ1) is 20.2. The topological polar surface area (TPSA) is 63.5 Å². The van der Waals surface area contributed by atoms with Crippen LogP contribution in [0.15, 0.2) is 53.5 Å². The lowest BCUT2D eigenvalue weighted by atomic mass is 10.0. The fourth-order valence-corrected chi connectivity index (χ4v) is 3.48. The smallest absolute Gasteiger partial charge is 0.191 e. The van der Waals surface area contributed by atoms with Crippen LogP contribution >= 0.6 is 11.6 Å². The van der Waals surface area contributed by atoms with Crippen molar-refractivity contribution in [1.29, 1.82) is 5.26 Å². The van der Waals surface area contributed by atoms with Crippen LogP contribution < -0.4 is 10.6 Å². The van der Waals surface area contributed by atoms with Gasteiger partial charge in [0.05, 0.1) is 11.6 Å². The predicted molar refractivity (Wildman–Crippen MR) is 114 cm³/mol. The van der Waals surface area contributed by atoms with Gasteiger partial charge >= 0.3 is 0 Å². The summed E-state index contributed by atoms with van der Waals surface area (Å²) in [6.07, 6.45) is 2.18. The van der Waals surface area contributed by atoms with Crippen molar-refractivity contribution >= 4 is 17.6 Å². The third-order valence-corrected chi connectivity index (χ3v) is 5.27. The van der Waals surface area contributed by atoms with E-state index in [1.807, 2.05) is 36.4 Å². The molecule has 2 aromatic carbocycles. The predicted octanol–water partition coefficient (Wildman–Crippen LogP) is 3.54. The lowest BCUT2D eigenvalue weighted by molar-refractivity contribution is 0.198. The van der Waals surface area contributed by atoms with Crippen LogP contribution in [0.5, 0.6) is 0 Å². The van der Waals surface area contributed by atoms with E-state index < -0.39 is 0 Å². The molecule has 0 atom stereocenters. The Kier molecular flexibility index (Phi) is 7.30. The first-order valence-electron chi connectivity index (χ1n) is 9.59. The van der Waals surface area contributed by atoms with E-state index in [0.717, 1.165) is 49.0 Å². The van der Waals surface area contributed by atoms with E-state index in [1.54, 1.807) is 7.05 Å². The van der Waals surface area contributed by atoms with Crippen LogP contribution in [-0.4, -0.2) is 37.0 Å². The number of likely N-dealkylation sites (tertiary alicyclic amines) is 1. The second kappa shape index (κ2) is 10.1. The number of nitriles is 1. The summed E-state index contributed by atoms with van der Waals surface area (Å²) in [5, 5.41) is 16.5. The number of nitrogens with one attached hydrogen (secondary N) is 2. The average molecular weight is 396 g/mol. The number of nitrogens with zero attached hydrogens (tertiary/aromatic N) is 3. The quantitative estimate of drug-likeness (QED) is 0.600. The van der Waals surface area contributed by atoms with Crippen molar-refractivity contribution in [2.45, 2.75) is 32.0 Å². The summed E-state index contributed by atoms with van der Waals surface area (Å²) in [6.45, 7) is 3.77. The van der Waals surface area contributed by atoms with Crippen molar-refractivity contribution < 1.29 is 0 Å². The molecule has 3 rings (SSSR count). The van der Waals surface area contributed by atoms with Gasteiger partial charge in [-0.05, 0) is 48.2 Å². The molecule has 2 aromatic rings. The van der Waals surface area contributed by atoms with E-state index >= 15 is 0 Å². The Morgan fingerprint density at radius 2 is 1.75 bits per heavy atom. The molecule has 0 unspecified atom stereocenters. The van der Waals surface area contributed by atoms with Crippen LogP contribution in [-0.2, 0) is 13.1 Å². The Balaban J connectivity index is 1.42. The van der Waals surface area contributed by atoms with E-state index in [1.165, 1.54) is 5.56 Å². The fraction of sp³-hybridized carbons (Fsp3) is 0.364. The van der Waals surface area contributed by atoms with Crippen LogP contribution in [0, 0.1) is 11.3 Å². The van der Waals surface area contributed by atoms with Crippen molar-refractivity contribution in [3.05, 3.63) is 70.2 Å². The van der Waals surface area contributed by atoms with Crippen LogP contribution in [0.1, 0.15) is 29.5 Å². The molecule has 1 heterocycles. The van der Waals surface area contributed by atoms with Crippen molar-refractivity contribution in [3.8, 4) is 6.07 Å². The lowest BCUT2D eigenvalue weighted by Gasteiger charge is -2.33. The molecule has 1 fully saturated rings. The SMILES string of the molecule is CN=C(NCc1ccc(C#N)cc1)NC1CCN(Cc2ccc(Cl)cc2)CC1. The van der Waals surface area contributed by atoms with Crippen LogP contribution in [0.2, 0.25) is 5.02 Å². The van der Waals surface area contributed by atoms with Gasteiger partial charge in [-0.1, -0.05) is 35.9 Å². The highest BCUT2D eigenvalue weighted by molar-refractivity contribution is 6.30. The van der Waals surface area contributed by atoms with Crippen LogP contribution in [0.25, 0.3) is 0 Å². The maximum Gasteiger partial charge on any atom is 0.191 e. The van der Waals surface area contributed by atoms with E-state index in [4.69, 9.17) is 16.9 Å². The third-order valence-electron chi connectivity index (χ3n) is 5.01. The maximum atomic E-state index is 8.88. The molecule has 1 aliphatic rings. The van der Waals surface area contributed by atoms with Gasteiger partial charge in [-0.25, -0.2) is 0 Å². The van der Waals surface area contributed by atoms with E-state index in [0.29, 0.717) is 18.2 Å². The molecule has 0 bridgehead atoms. The van der Waals surface area contributed by atoms with Crippen LogP contribution in [0.3, 0.4) is 0 Å². The summed E-state index contributed by atoms with van der Waals surface area (Å²) in [6, 6.07) is 18.3.